The summed E-state index contributed by atoms with van der Waals surface area (Å²) in [5, 5.41) is 8.35. The highest BCUT2D eigenvalue weighted by Gasteiger charge is 2.63. The van der Waals surface area contributed by atoms with E-state index in [0.29, 0.717) is 44.5 Å². The quantitative estimate of drug-likeness (QED) is 0.0700. The van der Waals surface area contributed by atoms with Gasteiger partial charge < -0.3 is 38.4 Å². The van der Waals surface area contributed by atoms with Crippen LogP contribution >= 0.6 is 60.4 Å². The van der Waals surface area contributed by atoms with Crippen LogP contribution in [0.25, 0.3) is 0 Å². The van der Waals surface area contributed by atoms with Crippen LogP contribution in [0.3, 0.4) is 0 Å². The third kappa shape index (κ3) is 30.6. The molecule has 2 radical (unpaired) electrons. The summed E-state index contributed by atoms with van der Waals surface area (Å²) in [4.78, 5) is 0. The Morgan fingerprint density at radius 3 is 1.19 bits per heavy atom. The van der Waals surface area contributed by atoms with Crippen LogP contribution < -0.4 is 20.6 Å². The Hall–Kier alpha value is -2.36. The molecule has 29 heteroatoms. The van der Waals surface area contributed by atoms with Crippen LogP contribution in [0.1, 0.15) is 141 Å². The highest BCUT2D eigenvalue weighted by Crippen LogP contribution is 2.43. The van der Waals surface area contributed by atoms with E-state index in [-0.39, 0.29) is 48.7 Å². The van der Waals surface area contributed by atoms with E-state index in [4.69, 9.17) is 45.0 Å². The number of sulfonamides is 2. The molecule has 8 rings (SSSR count). The second-order valence-corrected chi connectivity index (χ2v) is 28.2. The summed E-state index contributed by atoms with van der Waals surface area (Å²) in [6.45, 7) is 30.1. The lowest BCUT2D eigenvalue weighted by Gasteiger charge is -2.32. The molecule has 0 atom stereocenters. The first kappa shape index (κ1) is 83.6. The molecule has 0 unspecified atom stereocenters. The van der Waals surface area contributed by atoms with E-state index in [1.54, 1.807) is 37.4 Å². The van der Waals surface area contributed by atoms with E-state index < -0.39 is 69.8 Å². The van der Waals surface area contributed by atoms with Gasteiger partial charge in [0.05, 0.1) is 65.6 Å². The molecular formula is C57H89B4Br3F4N4O11S3. The van der Waals surface area contributed by atoms with Gasteiger partial charge in [-0.15, -0.1) is 0 Å². The van der Waals surface area contributed by atoms with Gasteiger partial charge in [0.25, 0.3) is 0 Å². The third-order valence-corrected chi connectivity index (χ3v) is 16.0. The minimum Gasteiger partial charge on any atom is -0.405 e. The Morgan fingerprint density at radius 2 is 0.884 bits per heavy atom. The number of thiol groups is 1. The van der Waals surface area contributed by atoms with E-state index in [0.717, 1.165) is 35.8 Å². The Morgan fingerprint density at radius 1 is 0.581 bits per heavy atom. The number of nitrogens with one attached hydrogen (secondary N) is 2. The van der Waals surface area contributed by atoms with Crippen LogP contribution in [0.4, 0.5) is 17.6 Å². The van der Waals surface area contributed by atoms with Crippen molar-refractivity contribution in [3.63, 3.8) is 0 Å². The summed E-state index contributed by atoms with van der Waals surface area (Å²) >= 11 is 12.9. The fourth-order valence-electron chi connectivity index (χ4n) is 6.89. The monoisotopic (exact) mass is 1460 g/mol. The summed E-state index contributed by atoms with van der Waals surface area (Å²) in [5.41, 5.74) is 5.56. The maximum Gasteiger partial charge on any atom is 0.494 e. The van der Waals surface area contributed by atoms with Crippen molar-refractivity contribution in [2.45, 2.75) is 177 Å². The van der Waals surface area contributed by atoms with Crippen molar-refractivity contribution in [1.29, 1.82) is 5.26 Å². The van der Waals surface area contributed by atoms with Gasteiger partial charge in [-0.25, -0.2) is 43.8 Å². The lowest BCUT2D eigenvalue weighted by molar-refractivity contribution is 0.00578. The molecule has 482 valence electrons. The maximum absolute atomic E-state index is 13.8. The molecule has 0 spiro atoms. The molecule has 0 aromatic heterocycles. The molecule has 0 saturated carbocycles. The van der Waals surface area contributed by atoms with Gasteiger partial charge in [-0.3, -0.25) is 0 Å². The van der Waals surface area contributed by atoms with Gasteiger partial charge >= 0.3 is 21.1 Å². The van der Waals surface area contributed by atoms with Crippen LogP contribution in [-0.4, -0.2) is 111 Å². The highest BCUT2D eigenvalue weighted by molar-refractivity contribution is 9.11. The van der Waals surface area contributed by atoms with Gasteiger partial charge in [-0.05, 0) is 191 Å². The number of nitrogens with two attached hydrogens (primary N) is 1. The zero-order valence-electron chi connectivity index (χ0n) is 52.8. The average molecular weight is 1460 g/mol. The van der Waals surface area contributed by atoms with Crippen molar-refractivity contribution < 1.29 is 68.4 Å². The molecule has 0 amide bonds. The number of benzene rings is 4. The van der Waals surface area contributed by atoms with Crippen molar-refractivity contribution in [2.75, 3.05) is 32.0 Å². The summed E-state index contributed by atoms with van der Waals surface area (Å²) in [7, 11) is -3.71. The number of halogens is 7. The Bertz CT molecular complexity index is 2850. The number of hydrogen-bond acceptors (Lipinski definition) is 14. The van der Waals surface area contributed by atoms with Crippen molar-refractivity contribution in [2.24, 2.45) is 5.73 Å². The van der Waals surface area contributed by atoms with Crippen LogP contribution in [0.2, 0.25) is 6.82 Å². The van der Waals surface area contributed by atoms with Crippen LogP contribution in [0, 0.1) is 34.6 Å². The lowest BCUT2D eigenvalue weighted by atomic mass is 9.49. The van der Waals surface area contributed by atoms with E-state index in [1.807, 2.05) is 89.2 Å². The molecule has 4 aromatic rings. The Balaban J connectivity index is 0. The second kappa shape index (κ2) is 38.5. The predicted octanol–water partition coefficient (Wildman–Crippen LogP) is 12.8. The minimum atomic E-state index is -3.34. The van der Waals surface area contributed by atoms with Gasteiger partial charge in [0, 0.05) is 47.6 Å². The summed E-state index contributed by atoms with van der Waals surface area (Å²) in [5.74, 6) is -1.51. The van der Waals surface area contributed by atoms with Crippen LogP contribution in [0.5, 0.6) is 0 Å². The molecule has 4 aliphatic rings. The number of nitriles is 1. The largest absolute Gasteiger partial charge is 0.494 e. The van der Waals surface area contributed by atoms with Gasteiger partial charge in [-0.1, -0.05) is 81.9 Å². The summed E-state index contributed by atoms with van der Waals surface area (Å²) in [6, 6.07) is 19.1. The SMILES string of the molecule is C.C1CCOC1.CC1(C)OB(B2OC(C)(C)C(C)(C)O2)OC1(C)C.CC1(C)OB(c2cc(F)cc(CNS(C)(=O)=O)c2)OC1(C)C.CS.CS(=O)(=O)NCc1cc(F)cc(Br)c1.N#Cc1cc(F)cc(Br)c1.NCc1cc(F)cc(Br)c1.[2H]CC.[B]C. The molecule has 4 aliphatic heterocycles. The standard InChI is InChI=1S/C14H21BFNO4S.C12H24B2O4.C8H9BrFNO2S.C7H7BrFN.C7H3BrFN.C4H8O.C2H6.CH3B.CH4S.CH4/c1-13(2)14(3,4)21-15(20-13)11-6-10(7-12(16)8-11)9-17-22(5,18)19;1-9(2)10(3,4)16-13(15-9)14-17-11(5,6)12(7,8)18-14;1-14(12,13)11-5-6-2-7(9)4-8(10)3-6;2*8-6-1-5(4-10)2-7(9)3-6;1-2-4-5-3-1;3*1-2;/h6-8,17H,9H2,1-5H3;1-8H3;2-4,11H,5H2,1H3;1-3H,4,10H2;1-3H;1-4H2;1-2H3;1H3;2H,1H3;1H4/i;;;;;;1D;;;. The first-order chi connectivity index (χ1) is 39.5. The number of nitrogens with zero attached hydrogens (tertiary/aromatic N) is 1. The lowest BCUT2D eigenvalue weighted by Crippen LogP contribution is -2.41. The number of ether oxygens (including phenoxy) is 1. The molecule has 4 fully saturated rings. The third-order valence-electron chi connectivity index (χ3n) is 13.2. The molecule has 4 aromatic carbocycles. The minimum absolute atomic E-state index is 0. The maximum atomic E-state index is 13.8. The molecule has 86 heavy (non-hydrogen) atoms. The number of hydrogen-bond donors (Lipinski definition) is 4. The average Bonchev–Trinajstić information content (AvgIpc) is 1.82. The van der Waals surface area contributed by atoms with Crippen LogP contribution in [-0.2, 0) is 72.3 Å². The highest BCUT2D eigenvalue weighted by atomic mass is 79.9. The van der Waals surface area contributed by atoms with E-state index in [2.05, 4.69) is 77.7 Å². The first-order valence-electron chi connectivity index (χ1n) is 27.3. The van der Waals surface area contributed by atoms with Gasteiger partial charge in [-0.2, -0.15) is 17.9 Å². The van der Waals surface area contributed by atoms with Crippen molar-refractivity contribution in [3.8, 4) is 6.07 Å². The predicted molar refractivity (Wildman–Crippen MR) is 357 cm³/mol. The molecule has 0 aliphatic carbocycles. The van der Waals surface area contributed by atoms with Gasteiger partial charge in [0.2, 0.25) is 20.0 Å². The van der Waals surface area contributed by atoms with Gasteiger partial charge in [0.1, 0.15) is 23.3 Å². The van der Waals surface area contributed by atoms with E-state index in [9.17, 15) is 34.4 Å². The molecule has 4 N–H and O–H groups in total. The molecule has 4 saturated heterocycles. The molecular weight excluding hydrogens is 1370 g/mol. The van der Waals surface area contributed by atoms with Gasteiger partial charge in [0.15, 0.2) is 0 Å². The Labute approximate surface area is 546 Å². The van der Waals surface area contributed by atoms with Crippen molar-refractivity contribution >= 4 is 115 Å². The number of rotatable bonds is 9. The zero-order chi connectivity index (χ0) is 66.9. The normalized spacial score (nSPS) is 17.7. The first-order valence-corrected chi connectivity index (χ1v) is 33.7. The summed E-state index contributed by atoms with van der Waals surface area (Å²) < 4.78 is 149. The van der Waals surface area contributed by atoms with Crippen molar-refractivity contribution in [1.82, 2.24) is 9.44 Å². The topological polar surface area (TPSA) is 207 Å². The van der Waals surface area contributed by atoms with Crippen LogP contribution in [0.15, 0.2) is 86.2 Å². The smallest absolute Gasteiger partial charge is 0.405 e. The fourth-order valence-corrected chi connectivity index (χ4v) is 9.24. The molecule has 15 nitrogen and oxygen atoms in total. The molecule has 4 heterocycles. The van der Waals surface area contributed by atoms with E-state index in [1.165, 1.54) is 68.2 Å². The van der Waals surface area contributed by atoms with Crippen molar-refractivity contribution in [3.05, 3.63) is 132 Å². The van der Waals surface area contributed by atoms with E-state index >= 15 is 0 Å². The Kier molecular flexibility index (Phi) is 37.4. The fraction of sp³-hybridized carbons (Fsp3) is 0.561. The second-order valence-electron chi connectivity index (χ2n) is 21.8. The summed E-state index contributed by atoms with van der Waals surface area (Å²) in [6.07, 6.45) is 6.36. The molecule has 0 bridgehead atoms. The zero-order valence-corrected chi connectivity index (χ0v) is 59.1.